The molecule has 0 saturated carbocycles. The van der Waals surface area contributed by atoms with Gasteiger partial charge in [0.25, 0.3) is 0 Å². The third kappa shape index (κ3) is 4.69. The van der Waals surface area contributed by atoms with Gasteiger partial charge in [-0.3, -0.25) is 0 Å². The molecular weight excluding hydrogens is 379 g/mol. The number of hydrogen-bond acceptors (Lipinski definition) is 4. The van der Waals surface area contributed by atoms with E-state index in [1.165, 1.54) is 6.07 Å². The number of hydrogen-bond donors (Lipinski definition) is 0. The maximum atomic E-state index is 15.3. The fourth-order valence-corrected chi connectivity index (χ4v) is 3.82. The highest BCUT2D eigenvalue weighted by Crippen LogP contribution is 2.29. The Morgan fingerprint density at radius 1 is 0.967 bits per heavy atom. The van der Waals surface area contributed by atoms with Crippen molar-refractivity contribution < 1.29 is 13.9 Å². The van der Waals surface area contributed by atoms with Gasteiger partial charge in [-0.2, -0.15) is 0 Å². The first-order valence-corrected chi connectivity index (χ1v) is 10.2. The number of anilines is 2. The molecule has 0 N–H and O–H groups in total. The van der Waals surface area contributed by atoms with Crippen molar-refractivity contribution in [1.82, 2.24) is 0 Å². The Labute approximate surface area is 176 Å². The number of benzene rings is 3. The Hall–Kier alpha value is -3.18. The van der Waals surface area contributed by atoms with E-state index in [0.29, 0.717) is 44.2 Å². The molecule has 3 aromatic rings. The van der Waals surface area contributed by atoms with Crippen LogP contribution < -0.4 is 9.80 Å². The van der Waals surface area contributed by atoms with Gasteiger partial charge in [-0.25, -0.2) is 4.39 Å². The molecule has 5 heteroatoms. The zero-order valence-corrected chi connectivity index (χ0v) is 16.8. The van der Waals surface area contributed by atoms with Crippen molar-refractivity contribution in [3.05, 3.63) is 95.8 Å². The van der Waals surface area contributed by atoms with Crippen LogP contribution in [0.25, 0.3) is 0 Å². The van der Waals surface area contributed by atoms with Gasteiger partial charge in [0.1, 0.15) is 18.1 Å². The second-order valence-corrected chi connectivity index (χ2v) is 7.43. The Kier molecular flexibility index (Phi) is 6.40. The normalized spacial score (nSPS) is 16.3. The largest absolute Gasteiger partial charge is 0.377 e. The summed E-state index contributed by atoms with van der Waals surface area (Å²) in [4.78, 5) is 15.3. The average molecular weight is 404 g/mol. The summed E-state index contributed by atoms with van der Waals surface area (Å²) in [6, 6.07) is 25.0. The molecule has 4 rings (SSSR count). The molecule has 1 saturated heterocycles. The van der Waals surface area contributed by atoms with Crippen molar-refractivity contribution in [3.63, 3.8) is 0 Å². The molecule has 1 aliphatic heterocycles. The van der Waals surface area contributed by atoms with Crippen molar-refractivity contribution >= 4 is 17.7 Å². The van der Waals surface area contributed by atoms with Gasteiger partial charge in [-0.15, -0.1) is 0 Å². The molecule has 0 aliphatic carbocycles. The number of aldehydes is 1. The lowest BCUT2D eigenvalue weighted by Crippen LogP contribution is -2.46. The van der Waals surface area contributed by atoms with Gasteiger partial charge in [0, 0.05) is 25.3 Å². The number of nitrogens with zero attached hydrogens (tertiary/aromatic N) is 2. The third-order valence-electron chi connectivity index (χ3n) is 5.36. The average Bonchev–Trinajstić information content (AvgIpc) is 2.80. The summed E-state index contributed by atoms with van der Waals surface area (Å²) in [6.07, 6.45) is 0.863. The van der Waals surface area contributed by atoms with Crippen molar-refractivity contribution in [1.29, 1.82) is 0 Å². The number of halogens is 1. The summed E-state index contributed by atoms with van der Waals surface area (Å²) < 4.78 is 20.7. The van der Waals surface area contributed by atoms with E-state index in [-0.39, 0.29) is 11.9 Å². The molecule has 0 aromatic heterocycles. The van der Waals surface area contributed by atoms with Gasteiger partial charge >= 0.3 is 0 Å². The summed E-state index contributed by atoms with van der Waals surface area (Å²) in [7, 11) is 0. The lowest BCUT2D eigenvalue weighted by molar-refractivity contribution is -0.111. The van der Waals surface area contributed by atoms with E-state index in [2.05, 4.69) is 0 Å². The SMILES string of the molecule is O=CC1COCCN1c1ccc(N(Cc2ccccc2)Cc2ccccc2)c(F)c1. The van der Waals surface area contributed by atoms with Gasteiger partial charge in [-0.05, 0) is 29.3 Å². The van der Waals surface area contributed by atoms with Crippen LogP contribution in [0, 0.1) is 5.82 Å². The highest BCUT2D eigenvalue weighted by atomic mass is 19.1. The molecule has 0 spiro atoms. The standard InChI is InChI=1S/C25H25FN2O2/c26-24-15-22(28-13-14-30-19-23(28)18-29)11-12-25(24)27(16-20-7-3-1-4-8-20)17-21-9-5-2-6-10-21/h1-12,15,18,23H,13-14,16-17,19H2. The molecule has 0 amide bonds. The Morgan fingerprint density at radius 3 is 2.17 bits per heavy atom. The van der Waals surface area contributed by atoms with E-state index in [1.54, 1.807) is 0 Å². The van der Waals surface area contributed by atoms with E-state index < -0.39 is 0 Å². The van der Waals surface area contributed by atoms with Crippen LogP contribution in [0.3, 0.4) is 0 Å². The number of carbonyl (C=O) groups excluding carboxylic acids is 1. The van der Waals surface area contributed by atoms with Gasteiger partial charge in [-0.1, -0.05) is 60.7 Å². The molecule has 4 nitrogen and oxygen atoms in total. The van der Waals surface area contributed by atoms with Gasteiger partial charge in [0.2, 0.25) is 0 Å². The van der Waals surface area contributed by atoms with Crippen LogP contribution in [0.2, 0.25) is 0 Å². The van der Waals surface area contributed by atoms with Crippen molar-refractivity contribution in [2.75, 3.05) is 29.6 Å². The van der Waals surface area contributed by atoms with Crippen LogP contribution in [-0.4, -0.2) is 32.1 Å². The zero-order chi connectivity index (χ0) is 20.8. The van der Waals surface area contributed by atoms with Crippen LogP contribution in [0.15, 0.2) is 78.9 Å². The monoisotopic (exact) mass is 404 g/mol. The number of ether oxygens (including phenoxy) is 1. The first kappa shape index (κ1) is 20.1. The predicted molar refractivity (Wildman–Crippen MR) is 117 cm³/mol. The van der Waals surface area contributed by atoms with Crippen molar-refractivity contribution in [2.45, 2.75) is 19.1 Å². The highest BCUT2D eigenvalue weighted by molar-refractivity contribution is 5.68. The van der Waals surface area contributed by atoms with E-state index in [0.717, 1.165) is 17.4 Å². The summed E-state index contributed by atoms with van der Waals surface area (Å²) in [6.45, 7) is 2.63. The third-order valence-corrected chi connectivity index (χ3v) is 5.36. The smallest absolute Gasteiger partial charge is 0.148 e. The Bertz CT molecular complexity index is 924. The minimum absolute atomic E-state index is 0.296. The number of rotatable bonds is 7. The second-order valence-electron chi connectivity index (χ2n) is 7.43. The molecule has 154 valence electrons. The molecule has 1 heterocycles. The fraction of sp³-hybridized carbons (Fsp3) is 0.240. The Balaban J connectivity index is 1.63. The highest BCUT2D eigenvalue weighted by Gasteiger charge is 2.24. The van der Waals surface area contributed by atoms with Gasteiger partial charge < -0.3 is 19.3 Å². The molecular formula is C25H25FN2O2. The lowest BCUT2D eigenvalue weighted by Gasteiger charge is -2.34. The summed E-state index contributed by atoms with van der Waals surface area (Å²) >= 11 is 0. The van der Waals surface area contributed by atoms with Crippen LogP contribution >= 0.6 is 0 Å². The van der Waals surface area contributed by atoms with E-state index in [9.17, 15) is 4.79 Å². The van der Waals surface area contributed by atoms with E-state index in [4.69, 9.17) is 4.74 Å². The molecule has 1 unspecified atom stereocenters. The van der Waals surface area contributed by atoms with E-state index in [1.807, 2.05) is 82.6 Å². The first-order chi connectivity index (χ1) is 14.7. The maximum Gasteiger partial charge on any atom is 0.148 e. The predicted octanol–water partition coefficient (Wildman–Crippen LogP) is 4.44. The number of carbonyl (C=O) groups is 1. The number of morpholine rings is 1. The topological polar surface area (TPSA) is 32.8 Å². The minimum atomic E-state index is -0.381. The molecule has 1 fully saturated rings. The molecule has 1 atom stereocenters. The first-order valence-electron chi connectivity index (χ1n) is 10.2. The maximum absolute atomic E-state index is 15.3. The quantitative estimate of drug-likeness (QED) is 0.545. The second kappa shape index (κ2) is 9.55. The molecule has 0 bridgehead atoms. The van der Waals surface area contributed by atoms with Crippen molar-refractivity contribution in [3.8, 4) is 0 Å². The zero-order valence-electron chi connectivity index (χ0n) is 16.8. The van der Waals surface area contributed by atoms with Gasteiger partial charge in [0.05, 0.1) is 18.9 Å². The summed E-state index contributed by atoms with van der Waals surface area (Å²) in [5.41, 5.74) is 3.48. The van der Waals surface area contributed by atoms with E-state index >= 15 is 4.39 Å². The minimum Gasteiger partial charge on any atom is -0.377 e. The molecule has 3 aromatic carbocycles. The summed E-state index contributed by atoms with van der Waals surface area (Å²) in [5.74, 6) is -0.296. The van der Waals surface area contributed by atoms with Crippen LogP contribution in [0.1, 0.15) is 11.1 Å². The lowest BCUT2D eigenvalue weighted by atomic mass is 10.1. The molecule has 1 aliphatic rings. The molecule has 0 radical (unpaired) electrons. The van der Waals surface area contributed by atoms with Crippen LogP contribution in [-0.2, 0) is 22.6 Å². The van der Waals surface area contributed by atoms with Crippen LogP contribution in [0.5, 0.6) is 0 Å². The van der Waals surface area contributed by atoms with Crippen LogP contribution in [0.4, 0.5) is 15.8 Å². The van der Waals surface area contributed by atoms with Crippen molar-refractivity contribution in [2.24, 2.45) is 0 Å². The summed E-state index contributed by atoms with van der Waals surface area (Å²) in [5, 5.41) is 0. The Morgan fingerprint density at radius 2 is 1.60 bits per heavy atom. The fourth-order valence-electron chi connectivity index (χ4n) is 3.82. The molecule has 30 heavy (non-hydrogen) atoms. The van der Waals surface area contributed by atoms with Gasteiger partial charge in [0.15, 0.2) is 0 Å².